The van der Waals surface area contributed by atoms with Crippen molar-refractivity contribution in [2.45, 2.75) is 31.5 Å². The first-order valence-electron chi connectivity index (χ1n) is 6.83. The predicted octanol–water partition coefficient (Wildman–Crippen LogP) is 4.43. The Balaban J connectivity index is 1.93. The minimum Gasteiger partial charge on any atom is -0.312 e. The molecular formula is C15H15F3N2S. The maximum Gasteiger partial charge on any atom is 0.416 e. The zero-order chi connectivity index (χ0) is 15.0. The summed E-state index contributed by atoms with van der Waals surface area (Å²) in [5, 5.41) is 4.05. The van der Waals surface area contributed by atoms with E-state index in [9.17, 15) is 13.2 Å². The third kappa shape index (κ3) is 2.82. The summed E-state index contributed by atoms with van der Waals surface area (Å²) in [5.41, 5.74) is 1.18. The smallest absolute Gasteiger partial charge is 0.312 e. The number of hydrogen-bond acceptors (Lipinski definition) is 3. The van der Waals surface area contributed by atoms with Crippen molar-refractivity contribution in [3.8, 4) is 10.6 Å². The van der Waals surface area contributed by atoms with Gasteiger partial charge in [-0.15, -0.1) is 11.3 Å². The maximum absolute atomic E-state index is 12.6. The van der Waals surface area contributed by atoms with Gasteiger partial charge in [0.25, 0.3) is 0 Å². The number of alkyl halides is 3. The Morgan fingerprint density at radius 3 is 2.57 bits per heavy atom. The molecule has 1 aromatic carbocycles. The van der Waals surface area contributed by atoms with Gasteiger partial charge < -0.3 is 5.32 Å². The fraction of sp³-hybridized carbons (Fsp3) is 0.400. The van der Waals surface area contributed by atoms with Crippen molar-refractivity contribution in [1.29, 1.82) is 0 Å². The molecule has 1 N–H and O–H groups in total. The third-order valence-corrected chi connectivity index (χ3v) is 4.94. The minimum absolute atomic E-state index is 0.258. The number of fused-ring (bicyclic) bond motifs is 1. The lowest BCUT2D eigenvalue weighted by Gasteiger charge is -2.19. The Morgan fingerprint density at radius 2 is 1.95 bits per heavy atom. The number of rotatable bonds is 2. The second kappa shape index (κ2) is 5.42. The summed E-state index contributed by atoms with van der Waals surface area (Å²) < 4.78 is 37.8. The number of benzene rings is 1. The molecule has 0 saturated heterocycles. The number of nitrogens with one attached hydrogen (secondary N) is 1. The van der Waals surface area contributed by atoms with Crippen LogP contribution in [0.2, 0.25) is 0 Å². The Labute approximate surface area is 125 Å². The highest BCUT2D eigenvalue weighted by molar-refractivity contribution is 7.15. The van der Waals surface area contributed by atoms with Crippen LogP contribution in [0.3, 0.4) is 0 Å². The first kappa shape index (κ1) is 14.5. The Kier molecular flexibility index (Phi) is 3.75. The monoisotopic (exact) mass is 312 g/mol. The van der Waals surface area contributed by atoms with Crippen LogP contribution in [0.4, 0.5) is 13.2 Å². The molecule has 0 fully saturated rings. The molecule has 0 radical (unpaired) electrons. The van der Waals surface area contributed by atoms with E-state index in [2.05, 4.69) is 10.3 Å². The molecule has 0 bridgehead atoms. The van der Waals surface area contributed by atoms with Crippen molar-refractivity contribution in [2.75, 3.05) is 7.05 Å². The molecule has 2 aromatic rings. The number of nitrogens with zero attached hydrogens (tertiary/aromatic N) is 1. The molecule has 1 aliphatic rings. The van der Waals surface area contributed by atoms with Gasteiger partial charge in [-0.3, -0.25) is 0 Å². The molecule has 0 saturated carbocycles. The van der Waals surface area contributed by atoms with E-state index >= 15 is 0 Å². The van der Waals surface area contributed by atoms with E-state index in [0.717, 1.165) is 47.7 Å². The van der Waals surface area contributed by atoms with Gasteiger partial charge in [-0.2, -0.15) is 13.2 Å². The van der Waals surface area contributed by atoms with Crippen LogP contribution in [0.25, 0.3) is 10.6 Å². The average Bonchev–Trinajstić information content (AvgIpc) is 2.90. The van der Waals surface area contributed by atoms with Crippen molar-refractivity contribution >= 4 is 11.3 Å². The Morgan fingerprint density at radius 1 is 1.24 bits per heavy atom. The standard InChI is InChI=1S/C15H15F3N2S/c1-19-11-3-2-4-12-13(11)20-14(21-12)9-5-7-10(8-6-9)15(16,17)18/h5-8,11,19H,2-4H2,1H3. The summed E-state index contributed by atoms with van der Waals surface area (Å²) in [5.74, 6) is 0. The zero-order valence-corrected chi connectivity index (χ0v) is 12.3. The molecular weight excluding hydrogens is 297 g/mol. The van der Waals surface area contributed by atoms with Crippen LogP contribution in [0.15, 0.2) is 24.3 Å². The molecule has 0 amide bonds. The lowest BCUT2D eigenvalue weighted by molar-refractivity contribution is -0.137. The summed E-state index contributed by atoms with van der Waals surface area (Å²) in [6.07, 6.45) is -1.11. The van der Waals surface area contributed by atoms with Crippen LogP contribution < -0.4 is 5.32 Å². The number of hydrogen-bond donors (Lipinski definition) is 1. The highest BCUT2D eigenvalue weighted by Crippen LogP contribution is 2.37. The molecule has 1 aliphatic carbocycles. The highest BCUT2D eigenvalue weighted by Gasteiger charge is 2.30. The summed E-state index contributed by atoms with van der Waals surface area (Å²) >= 11 is 1.59. The molecule has 1 unspecified atom stereocenters. The van der Waals surface area contributed by atoms with Crippen LogP contribution >= 0.6 is 11.3 Å². The number of aromatic nitrogens is 1. The lowest BCUT2D eigenvalue weighted by Crippen LogP contribution is -2.21. The number of aryl methyl sites for hydroxylation is 1. The first-order valence-corrected chi connectivity index (χ1v) is 7.65. The molecule has 21 heavy (non-hydrogen) atoms. The van der Waals surface area contributed by atoms with Crippen molar-refractivity contribution in [3.05, 3.63) is 40.4 Å². The van der Waals surface area contributed by atoms with E-state index in [1.807, 2.05) is 7.05 Å². The van der Waals surface area contributed by atoms with Crippen LogP contribution in [0.5, 0.6) is 0 Å². The van der Waals surface area contributed by atoms with Gasteiger partial charge in [-0.05, 0) is 38.4 Å². The molecule has 3 rings (SSSR count). The van der Waals surface area contributed by atoms with Gasteiger partial charge in [0.1, 0.15) is 5.01 Å². The highest BCUT2D eigenvalue weighted by atomic mass is 32.1. The molecule has 1 heterocycles. The first-order chi connectivity index (χ1) is 9.99. The van der Waals surface area contributed by atoms with Crippen molar-refractivity contribution in [2.24, 2.45) is 0 Å². The van der Waals surface area contributed by atoms with Crippen molar-refractivity contribution < 1.29 is 13.2 Å². The average molecular weight is 312 g/mol. The molecule has 6 heteroatoms. The van der Waals surface area contributed by atoms with Gasteiger partial charge in [0.2, 0.25) is 0 Å². The van der Waals surface area contributed by atoms with Crippen LogP contribution in [0, 0.1) is 0 Å². The second-order valence-corrected chi connectivity index (χ2v) is 6.22. The summed E-state index contributed by atoms with van der Waals surface area (Å²) in [4.78, 5) is 5.89. The number of thiazole rings is 1. The minimum atomic E-state index is -4.29. The van der Waals surface area contributed by atoms with E-state index < -0.39 is 11.7 Å². The van der Waals surface area contributed by atoms with E-state index in [-0.39, 0.29) is 6.04 Å². The molecule has 1 aromatic heterocycles. The third-order valence-electron chi connectivity index (χ3n) is 3.76. The maximum atomic E-state index is 12.6. The summed E-state index contributed by atoms with van der Waals surface area (Å²) in [7, 11) is 1.91. The summed E-state index contributed by atoms with van der Waals surface area (Å²) in [6.45, 7) is 0. The van der Waals surface area contributed by atoms with Gasteiger partial charge in [0, 0.05) is 10.4 Å². The zero-order valence-electron chi connectivity index (χ0n) is 11.5. The van der Waals surface area contributed by atoms with Crippen molar-refractivity contribution in [1.82, 2.24) is 10.3 Å². The molecule has 112 valence electrons. The predicted molar refractivity (Wildman–Crippen MR) is 77.3 cm³/mol. The molecule has 1 atom stereocenters. The Bertz CT molecular complexity index is 631. The normalized spacial score (nSPS) is 18.6. The SMILES string of the molecule is CNC1CCCc2sc(-c3ccc(C(F)(F)F)cc3)nc21. The lowest BCUT2D eigenvalue weighted by atomic mass is 9.98. The van der Waals surface area contributed by atoms with Crippen LogP contribution in [0.1, 0.15) is 35.0 Å². The van der Waals surface area contributed by atoms with Gasteiger partial charge in [-0.25, -0.2) is 4.98 Å². The molecule has 0 aliphatic heterocycles. The largest absolute Gasteiger partial charge is 0.416 e. The fourth-order valence-corrected chi connectivity index (χ4v) is 3.79. The molecule has 0 spiro atoms. The topological polar surface area (TPSA) is 24.9 Å². The van der Waals surface area contributed by atoms with E-state index in [1.165, 1.54) is 17.0 Å². The number of halogens is 3. The van der Waals surface area contributed by atoms with Crippen LogP contribution in [-0.4, -0.2) is 12.0 Å². The van der Waals surface area contributed by atoms with Gasteiger partial charge in [0.05, 0.1) is 17.3 Å². The van der Waals surface area contributed by atoms with Crippen molar-refractivity contribution in [3.63, 3.8) is 0 Å². The van der Waals surface area contributed by atoms with E-state index in [0.29, 0.717) is 0 Å². The quantitative estimate of drug-likeness (QED) is 0.887. The van der Waals surface area contributed by atoms with Crippen LogP contribution in [-0.2, 0) is 12.6 Å². The molecule has 2 nitrogen and oxygen atoms in total. The van der Waals surface area contributed by atoms with E-state index in [1.54, 1.807) is 11.3 Å². The van der Waals surface area contributed by atoms with E-state index in [4.69, 9.17) is 0 Å². The van der Waals surface area contributed by atoms with Gasteiger partial charge in [-0.1, -0.05) is 12.1 Å². The Hall–Kier alpha value is -1.40. The second-order valence-electron chi connectivity index (χ2n) is 5.14. The fourth-order valence-electron chi connectivity index (χ4n) is 2.62. The van der Waals surface area contributed by atoms with Gasteiger partial charge in [0.15, 0.2) is 0 Å². The summed E-state index contributed by atoms with van der Waals surface area (Å²) in [6, 6.07) is 5.49. The van der Waals surface area contributed by atoms with Gasteiger partial charge >= 0.3 is 6.18 Å².